The molecule has 130 valence electrons. The van der Waals surface area contributed by atoms with Crippen molar-refractivity contribution in [3.8, 4) is 6.07 Å². The predicted octanol–water partition coefficient (Wildman–Crippen LogP) is 4.04. The zero-order valence-corrected chi connectivity index (χ0v) is 14.2. The van der Waals surface area contributed by atoms with Gasteiger partial charge in [-0.25, -0.2) is 4.99 Å². The topological polar surface area (TPSA) is 42.6 Å². The number of thiophene rings is 1. The van der Waals surface area contributed by atoms with Gasteiger partial charge in [0.25, 0.3) is 0 Å². The highest BCUT2D eigenvalue weighted by atomic mass is 32.1. The molecule has 0 bridgehead atoms. The van der Waals surface area contributed by atoms with E-state index >= 15 is 0 Å². The number of allylic oxidation sites excluding steroid dienone is 2. The number of nitrogens with zero attached hydrogens (tertiary/aromatic N) is 4. The van der Waals surface area contributed by atoms with Gasteiger partial charge in [0.15, 0.2) is 0 Å². The van der Waals surface area contributed by atoms with Gasteiger partial charge < -0.3 is 0 Å². The van der Waals surface area contributed by atoms with Gasteiger partial charge in [0.2, 0.25) is 0 Å². The summed E-state index contributed by atoms with van der Waals surface area (Å²) in [5.41, 5.74) is 1.84. The lowest BCUT2D eigenvalue weighted by Gasteiger charge is -2.39. The lowest BCUT2D eigenvalue weighted by atomic mass is 10.1. The largest absolute Gasteiger partial charge is 0.406 e. The van der Waals surface area contributed by atoms with E-state index in [4.69, 9.17) is 0 Å². The van der Waals surface area contributed by atoms with Crippen LogP contribution in [0.5, 0.6) is 0 Å². The van der Waals surface area contributed by atoms with E-state index in [2.05, 4.69) is 11.1 Å². The molecule has 0 aromatic carbocycles. The molecule has 3 heterocycles. The molecule has 3 aliphatic rings. The SMILES string of the molecule is CC1=CC(c2sccc2C#N)=NC2=CCN(C(C3CC3)C(F)(F)F)N12. The maximum absolute atomic E-state index is 13.6. The van der Waals surface area contributed by atoms with E-state index in [1.54, 1.807) is 30.2 Å². The van der Waals surface area contributed by atoms with Crippen LogP contribution in [0.2, 0.25) is 0 Å². The summed E-state index contributed by atoms with van der Waals surface area (Å²) >= 11 is 1.41. The van der Waals surface area contributed by atoms with Crippen LogP contribution in [0.1, 0.15) is 30.2 Å². The molecule has 1 fully saturated rings. The summed E-state index contributed by atoms with van der Waals surface area (Å²) in [6.45, 7) is 1.97. The van der Waals surface area contributed by atoms with Crippen LogP contribution in [0.25, 0.3) is 0 Å². The highest BCUT2D eigenvalue weighted by Crippen LogP contribution is 2.46. The first-order valence-corrected chi connectivity index (χ1v) is 8.86. The van der Waals surface area contributed by atoms with Crippen molar-refractivity contribution in [1.29, 1.82) is 5.26 Å². The fourth-order valence-corrected chi connectivity index (χ4v) is 4.21. The van der Waals surface area contributed by atoms with Gasteiger partial charge in [-0.2, -0.15) is 23.4 Å². The fourth-order valence-electron chi connectivity index (χ4n) is 3.41. The number of hydrazine groups is 1. The quantitative estimate of drug-likeness (QED) is 0.813. The van der Waals surface area contributed by atoms with Crippen LogP contribution in [0.15, 0.2) is 40.1 Å². The summed E-state index contributed by atoms with van der Waals surface area (Å²) in [6.07, 6.45) is 0.431. The average Bonchev–Trinajstić information content (AvgIpc) is 3.09. The van der Waals surface area contributed by atoms with Crippen molar-refractivity contribution >= 4 is 17.0 Å². The first kappa shape index (κ1) is 16.4. The number of hydrogen-bond donors (Lipinski definition) is 0. The summed E-state index contributed by atoms with van der Waals surface area (Å²) in [7, 11) is 0. The van der Waals surface area contributed by atoms with Gasteiger partial charge in [-0.3, -0.25) is 5.01 Å². The number of rotatable bonds is 3. The van der Waals surface area contributed by atoms with E-state index in [9.17, 15) is 18.4 Å². The Morgan fingerprint density at radius 1 is 1.40 bits per heavy atom. The highest BCUT2D eigenvalue weighted by molar-refractivity contribution is 7.12. The van der Waals surface area contributed by atoms with Gasteiger partial charge in [0, 0.05) is 12.2 Å². The molecule has 1 aromatic rings. The molecule has 0 radical (unpaired) electrons. The Balaban J connectivity index is 1.67. The summed E-state index contributed by atoms with van der Waals surface area (Å²) < 4.78 is 40.7. The van der Waals surface area contributed by atoms with Gasteiger partial charge in [-0.05, 0) is 49.3 Å². The Hall–Kier alpha value is -2.11. The number of aliphatic imine (C=N–C) groups is 1. The van der Waals surface area contributed by atoms with E-state index in [0.29, 0.717) is 35.6 Å². The van der Waals surface area contributed by atoms with Crippen molar-refractivity contribution in [2.24, 2.45) is 10.9 Å². The number of halogens is 3. The van der Waals surface area contributed by atoms with E-state index in [-0.39, 0.29) is 12.5 Å². The van der Waals surface area contributed by atoms with Crippen molar-refractivity contribution in [2.75, 3.05) is 6.54 Å². The zero-order valence-electron chi connectivity index (χ0n) is 13.4. The Morgan fingerprint density at radius 3 is 2.80 bits per heavy atom. The van der Waals surface area contributed by atoms with E-state index < -0.39 is 12.2 Å². The van der Waals surface area contributed by atoms with Crippen molar-refractivity contribution in [3.05, 3.63) is 45.6 Å². The van der Waals surface area contributed by atoms with Crippen molar-refractivity contribution < 1.29 is 13.2 Å². The van der Waals surface area contributed by atoms with Crippen LogP contribution in [0.4, 0.5) is 13.2 Å². The minimum Gasteiger partial charge on any atom is -0.261 e. The maximum atomic E-state index is 13.6. The summed E-state index contributed by atoms with van der Waals surface area (Å²) in [5.74, 6) is 0.163. The van der Waals surface area contributed by atoms with Crippen LogP contribution < -0.4 is 0 Å². The van der Waals surface area contributed by atoms with Gasteiger partial charge in [0.1, 0.15) is 17.9 Å². The molecule has 4 rings (SSSR count). The van der Waals surface area contributed by atoms with Crippen molar-refractivity contribution in [3.63, 3.8) is 0 Å². The van der Waals surface area contributed by atoms with Crippen LogP contribution in [-0.2, 0) is 0 Å². The van der Waals surface area contributed by atoms with Gasteiger partial charge >= 0.3 is 6.18 Å². The standard InChI is InChI=1S/C17H15F3N4S/c1-10-8-13(15-12(9-21)5-7-25-15)22-14-4-6-23(24(10)14)16(11-2-3-11)17(18,19)20/h4-5,7-8,11,16H,2-3,6H2,1H3. The number of hydrogen-bond acceptors (Lipinski definition) is 5. The molecule has 8 heteroatoms. The number of fused-ring (bicyclic) bond motifs is 1. The second-order valence-electron chi connectivity index (χ2n) is 6.38. The lowest BCUT2D eigenvalue weighted by molar-refractivity contribution is -0.212. The molecule has 0 saturated heterocycles. The summed E-state index contributed by atoms with van der Waals surface area (Å²) in [5, 5.41) is 13.9. The molecular weight excluding hydrogens is 349 g/mol. The van der Waals surface area contributed by atoms with Crippen LogP contribution in [-0.4, -0.2) is 34.5 Å². The average molecular weight is 364 g/mol. The van der Waals surface area contributed by atoms with Crippen molar-refractivity contribution in [1.82, 2.24) is 10.0 Å². The highest BCUT2D eigenvalue weighted by Gasteiger charge is 2.54. The fraction of sp³-hybridized carbons (Fsp3) is 0.412. The maximum Gasteiger partial charge on any atom is 0.406 e. The third kappa shape index (κ3) is 2.77. The minimum atomic E-state index is -4.27. The van der Waals surface area contributed by atoms with Gasteiger partial charge in [-0.1, -0.05) is 0 Å². The van der Waals surface area contributed by atoms with Gasteiger partial charge in [-0.15, -0.1) is 11.3 Å². The van der Waals surface area contributed by atoms with Crippen LogP contribution in [0.3, 0.4) is 0 Å². The zero-order chi connectivity index (χ0) is 17.8. The Morgan fingerprint density at radius 2 is 2.16 bits per heavy atom. The van der Waals surface area contributed by atoms with Crippen molar-refractivity contribution in [2.45, 2.75) is 32.0 Å². The second-order valence-corrected chi connectivity index (χ2v) is 7.29. The van der Waals surface area contributed by atoms with E-state index in [1.807, 2.05) is 5.38 Å². The van der Waals surface area contributed by atoms with Crippen LogP contribution >= 0.6 is 11.3 Å². The summed E-state index contributed by atoms with van der Waals surface area (Å²) in [6, 6.07) is 2.37. The Bertz CT molecular complexity index is 839. The number of nitriles is 1. The lowest BCUT2D eigenvalue weighted by Crippen LogP contribution is -2.52. The Labute approximate surface area is 147 Å². The molecule has 1 saturated carbocycles. The molecule has 2 aliphatic heterocycles. The first-order chi connectivity index (χ1) is 11.9. The molecule has 1 atom stereocenters. The third-order valence-electron chi connectivity index (χ3n) is 4.59. The van der Waals surface area contributed by atoms with E-state index in [1.165, 1.54) is 16.3 Å². The normalized spacial score (nSPS) is 22.0. The molecular formula is C17H15F3N4S. The minimum absolute atomic E-state index is 0.188. The predicted molar refractivity (Wildman–Crippen MR) is 88.5 cm³/mol. The molecule has 4 nitrogen and oxygen atoms in total. The number of alkyl halides is 3. The molecule has 25 heavy (non-hydrogen) atoms. The molecule has 1 unspecified atom stereocenters. The first-order valence-electron chi connectivity index (χ1n) is 7.98. The molecule has 1 aromatic heterocycles. The van der Waals surface area contributed by atoms with Gasteiger partial charge in [0.05, 0.1) is 16.2 Å². The summed E-state index contributed by atoms with van der Waals surface area (Å²) in [4.78, 5) is 5.26. The molecule has 0 spiro atoms. The van der Waals surface area contributed by atoms with Crippen LogP contribution in [0, 0.1) is 17.2 Å². The van der Waals surface area contributed by atoms with E-state index in [0.717, 1.165) is 4.88 Å². The smallest absolute Gasteiger partial charge is 0.261 e. The Kier molecular flexibility index (Phi) is 3.74. The molecule has 0 N–H and O–H groups in total. The molecule has 1 aliphatic carbocycles. The third-order valence-corrected chi connectivity index (χ3v) is 5.53. The second kappa shape index (κ2) is 5.71. The monoisotopic (exact) mass is 364 g/mol. The molecule has 0 amide bonds.